The predicted molar refractivity (Wildman–Crippen MR) is 92.9 cm³/mol. The van der Waals surface area contributed by atoms with E-state index in [0.717, 1.165) is 11.1 Å². The number of benzene rings is 1. The largest absolute Gasteiger partial charge is 0.318 e. The highest BCUT2D eigenvalue weighted by Gasteiger charge is 2.34. The molecule has 0 radical (unpaired) electrons. The molecule has 0 saturated carbocycles. The van der Waals surface area contributed by atoms with Crippen LogP contribution >= 0.6 is 0 Å². The van der Waals surface area contributed by atoms with Crippen molar-refractivity contribution in [1.82, 2.24) is 35.4 Å². The summed E-state index contributed by atoms with van der Waals surface area (Å²) in [5.74, 6) is 0.391. The molecule has 26 heavy (non-hydrogen) atoms. The van der Waals surface area contributed by atoms with Crippen LogP contribution in [0.4, 0.5) is 11.6 Å². The van der Waals surface area contributed by atoms with E-state index >= 15 is 0 Å². The number of aromatic amines is 1. The van der Waals surface area contributed by atoms with E-state index in [-0.39, 0.29) is 5.56 Å². The van der Waals surface area contributed by atoms with Crippen LogP contribution in [0.5, 0.6) is 0 Å². The third-order valence-electron chi connectivity index (χ3n) is 4.32. The lowest BCUT2D eigenvalue weighted by molar-refractivity contribution is 0.566. The number of nitrogens with zero attached hydrogens (tertiary/aromatic N) is 6. The summed E-state index contributed by atoms with van der Waals surface area (Å²) < 4.78 is 1.63. The van der Waals surface area contributed by atoms with E-state index in [2.05, 4.69) is 36.0 Å². The van der Waals surface area contributed by atoms with Gasteiger partial charge in [0.1, 0.15) is 11.7 Å². The summed E-state index contributed by atoms with van der Waals surface area (Å²) >= 11 is 0. The van der Waals surface area contributed by atoms with Crippen LogP contribution in [0.25, 0.3) is 11.3 Å². The second kappa shape index (κ2) is 5.59. The second-order valence-corrected chi connectivity index (χ2v) is 5.82. The van der Waals surface area contributed by atoms with Gasteiger partial charge in [0, 0.05) is 23.5 Å². The number of aromatic nitrogens is 7. The number of nitrogens with one attached hydrogen (secondary N) is 2. The molecule has 0 unspecified atom stereocenters. The van der Waals surface area contributed by atoms with Crippen LogP contribution in [0.15, 0.2) is 59.7 Å². The topological polar surface area (TPSA) is 114 Å². The standard InChI is InChI=1S/C17H12N8O/c26-16-14-12(13(20-21-16)10-5-2-1-3-6-10)15(11-7-4-8-18-9-11)25-17(19-14)22-23-24-25/h1-9,15H,(H,21,26)(H,19,22,24)/t15-/m1/s1. The van der Waals surface area contributed by atoms with Crippen LogP contribution in [0, 0.1) is 0 Å². The summed E-state index contributed by atoms with van der Waals surface area (Å²) in [6, 6.07) is 13.0. The van der Waals surface area contributed by atoms with Crippen molar-refractivity contribution >= 4 is 11.6 Å². The van der Waals surface area contributed by atoms with Crippen LogP contribution < -0.4 is 10.9 Å². The molecule has 1 aliphatic rings. The molecule has 0 saturated heterocycles. The lowest BCUT2D eigenvalue weighted by atomic mass is 9.93. The van der Waals surface area contributed by atoms with Gasteiger partial charge < -0.3 is 5.32 Å². The Morgan fingerprint density at radius 2 is 1.96 bits per heavy atom. The molecule has 5 rings (SSSR count). The van der Waals surface area contributed by atoms with Crippen LogP contribution in [-0.2, 0) is 0 Å². The molecule has 0 spiro atoms. The van der Waals surface area contributed by atoms with Crippen molar-refractivity contribution in [1.29, 1.82) is 0 Å². The lowest BCUT2D eigenvalue weighted by Crippen LogP contribution is -2.29. The maximum Gasteiger partial charge on any atom is 0.288 e. The van der Waals surface area contributed by atoms with E-state index < -0.39 is 6.04 Å². The van der Waals surface area contributed by atoms with E-state index in [9.17, 15) is 4.79 Å². The summed E-state index contributed by atoms with van der Waals surface area (Å²) in [4.78, 5) is 16.7. The molecule has 4 heterocycles. The lowest BCUT2D eigenvalue weighted by Gasteiger charge is -2.27. The second-order valence-electron chi connectivity index (χ2n) is 5.82. The highest BCUT2D eigenvalue weighted by molar-refractivity contribution is 5.75. The molecular weight excluding hydrogens is 332 g/mol. The van der Waals surface area contributed by atoms with Crippen molar-refractivity contribution in [3.63, 3.8) is 0 Å². The number of hydrogen-bond donors (Lipinski definition) is 2. The highest BCUT2D eigenvalue weighted by Crippen LogP contribution is 2.40. The van der Waals surface area contributed by atoms with E-state index in [4.69, 9.17) is 0 Å². The van der Waals surface area contributed by atoms with Gasteiger partial charge in [-0.05, 0) is 22.1 Å². The normalized spacial score (nSPS) is 15.0. The van der Waals surface area contributed by atoms with Gasteiger partial charge in [-0.15, -0.1) is 0 Å². The van der Waals surface area contributed by atoms with Gasteiger partial charge in [-0.25, -0.2) is 5.10 Å². The summed E-state index contributed by atoms with van der Waals surface area (Å²) in [6.45, 7) is 0. The third kappa shape index (κ3) is 2.10. The fourth-order valence-corrected chi connectivity index (χ4v) is 3.20. The highest BCUT2D eigenvalue weighted by atomic mass is 16.1. The summed E-state index contributed by atoms with van der Waals surface area (Å²) in [7, 11) is 0. The van der Waals surface area contributed by atoms with Crippen molar-refractivity contribution in [2.24, 2.45) is 0 Å². The Morgan fingerprint density at radius 1 is 1.08 bits per heavy atom. The van der Waals surface area contributed by atoms with Gasteiger partial charge in [0.25, 0.3) is 5.56 Å². The first-order valence-corrected chi connectivity index (χ1v) is 7.96. The summed E-state index contributed by atoms with van der Waals surface area (Å²) in [5.41, 5.74) is 3.15. The van der Waals surface area contributed by atoms with Crippen molar-refractivity contribution in [2.45, 2.75) is 6.04 Å². The van der Waals surface area contributed by atoms with Gasteiger partial charge in [-0.1, -0.05) is 41.5 Å². The Hall–Kier alpha value is -3.88. The Morgan fingerprint density at radius 3 is 2.77 bits per heavy atom. The van der Waals surface area contributed by atoms with Gasteiger partial charge in [0.2, 0.25) is 5.95 Å². The molecule has 1 aliphatic heterocycles. The third-order valence-corrected chi connectivity index (χ3v) is 4.32. The fraction of sp³-hybridized carbons (Fsp3) is 0.0588. The van der Waals surface area contributed by atoms with Crippen LogP contribution in [0.1, 0.15) is 17.2 Å². The summed E-state index contributed by atoms with van der Waals surface area (Å²) in [5, 5.41) is 21.7. The molecule has 9 heteroatoms. The van der Waals surface area contributed by atoms with Crippen molar-refractivity contribution in [3.05, 3.63) is 76.3 Å². The van der Waals surface area contributed by atoms with Crippen LogP contribution in [0.3, 0.4) is 0 Å². The minimum atomic E-state index is -0.421. The molecule has 2 N–H and O–H groups in total. The number of anilines is 2. The number of fused-ring (bicyclic) bond motifs is 2. The minimum Gasteiger partial charge on any atom is -0.318 e. The van der Waals surface area contributed by atoms with E-state index in [1.165, 1.54) is 0 Å². The molecule has 126 valence electrons. The zero-order valence-electron chi connectivity index (χ0n) is 13.4. The number of tetrazole rings is 1. The first-order valence-electron chi connectivity index (χ1n) is 7.96. The Balaban J connectivity index is 1.84. The smallest absolute Gasteiger partial charge is 0.288 e. The molecule has 0 aliphatic carbocycles. The van der Waals surface area contributed by atoms with Gasteiger partial charge >= 0.3 is 0 Å². The Kier molecular flexibility index (Phi) is 3.11. The van der Waals surface area contributed by atoms with Gasteiger partial charge in [0.15, 0.2) is 0 Å². The molecule has 1 aromatic carbocycles. The van der Waals surface area contributed by atoms with Gasteiger partial charge in [0.05, 0.1) is 5.69 Å². The van der Waals surface area contributed by atoms with Gasteiger partial charge in [-0.3, -0.25) is 9.78 Å². The molecule has 1 atom stereocenters. The number of rotatable bonds is 2. The van der Waals surface area contributed by atoms with Crippen molar-refractivity contribution < 1.29 is 0 Å². The first-order chi connectivity index (χ1) is 12.8. The SMILES string of the molecule is O=c1[nH]nc(-c2ccccc2)c2c1Nc1nnnn1[C@@H]2c1cccnc1. The maximum absolute atomic E-state index is 12.5. The monoisotopic (exact) mass is 344 g/mol. The zero-order valence-corrected chi connectivity index (χ0v) is 13.4. The Labute approximate surface area is 146 Å². The molecule has 0 bridgehead atoms. The van der Waals surface area contributed by atoms with Gasteiger partial charge in [-0.2, -0.15) is 9.78 Å². The summed E-state index contributed by atoms with van der Waals surface area (Å²) in [6.07, 6.45) is 3.43. The van der Waals surface area contributed by atoms with E-state index in [1.807, 2.05) is 42.5 Å². The average Bonchev–Trinajstić information content (AvgIpc) is 3.16. The van der Waals surface area contributed by atoms with Crippen LogP contribution in [-0.4, -0.2) is 35.4 Å². The molecular formula is C17H12N8O. The van der Waals surface area contributed by atoms with Crippen molar-refractivity contribution in [2.75, 3.05) is 5.32 Å². The molecule has 0 amide bonds. The quantitative estimate of drug-likeness (QED) is 0.499. The van der Waals surface area contributed by atoms with Crippen LogP contribution in [0.2, 0.25) is 0 Å². The molecule has 3 aromatic heterocycles. The Bertz CT molecular complexity index is 1140. The number of H-pyrrole nitrogens is 1. The molecule has 0 fully saturated rings. The van der Waals surface area contributed by atoms with E-state index in [1.54, 1.807) is 17.1 Å². The number of pyridine rings is 1. The zero-order chi connectivity index (χ0) is 17.5. The van der Waals surface area contributed by atoms with Crippen molar-refractivity contribution in [3.8, 4) is 11.3 Å². The number of hydrogen-bond acceptors (Lipinski definition) is 7. The first kappa shape index (κ1) is 14.5. The predicted octanol–water partition coefficient (Wildman–Crippen LogP) is 1.51. The minimum absolute atomic E-state index is 0.331. The fourth-order valence-electron chi connectivity index (χ4n) is 3.20. The maximum atomic E-state index is 12.5. The average molecular weight is 344 g/mol. The molecule has 4 aromatic rings. The molecule has 9 nitrogen and oxygen atoms in total. The van der Waals surface area contributed by atoms with E-state index in [0.29, 0.717) is 22.9 Å².